The molecule has 0 aliphatic carbocycles. The molecular weight excluding hydrogens is 284 g/mol. The molecule has 0 fully saturated rings. The lowest BCUT2D eigenvalue weighted by Gasteiger charge is -2.18. The first-order chi connectivity index (χ1) is 9.97. The summed E-state index contributed by atoms with van der Waals surface area (Å²) in [5, 5.41) is 0.684. The van der Waals surface area contributed by atoms with E-state index in [0.29, 0.717) is 17.1 Å². The van der Waals surface area contributed by atoms with E-state index in [-0.39, 0.29) is 5.91 Å². The van der Waals surface area contributed by atoms with E-state index in [1.54, 1.807) is 11.9 Å². The second-order valence-electron chi connectivity index (χ2n) is 5.23. The van der Waals surface area contributed by atoms with Crippen molar-refractivity contribution in [3.05, 3.63) is 64.7 Å². The molecule has 0 saturated carbocycles. The van der Waals surface area contributed by atoms with Gasteiger partial charge >= 0.3 is 0 Å². The molecule has 4 heteroatoms. The van der Waals surface area contributed by atoms with Gasteiger partial charge in [-0.25, -0.2) is 0 Å². The van der Waals surface area contributed by atoms with Crippen molar-refractivity contribution >= 4 is 23.2 Å². The third-order valence-electron chi connectivity index (χ3n) is 3.29. The Labute approximate surface area is 130 Å². The van der Waals surface area contributed by atoms with Crippen LogP contribution in [0.15, 0.2) is 48.5 Å². The lowest BCUT2D eigenvalue weighted by molar-refractivity contribution is 0.0785. The summed E-state index contributed by atoms with van der Waals surface area (Å²) in [7, 11) is 5.74. The second kappa shape index (κ2) is 6.64. The van der Waals surface area contributed by atoms with Crippen LogP contribution >= 0.6 is 11.6 Å². The highest BCUT2D eigenvalue weighted by molar-refractivity contribution is 6.30. The molecule has 3 nitrogen and oxygen atoms in total. The van der Waals surface area contributed by atoms with Crippen molar-refractivity contribution in [3.63, 3.8) is 0 Å². The number of rotatable bonds is 4. The van der Waals surface area contributed by atoms with Crippen LogP contribution in [0.2, 0.25) is 5.02 Å². The van der Waals surface area contributed by atoms with Gasteiger partial charge in [0.1, 0.15) is 0 Å². The normalized spacial score (nSPS) is 10.3. The maximum Gasteiger partial charge on any atom is 0.253 e. The van der Waals surface area contributed by atoms with Gasteiger partial charge in [-0.15, -0.1) is 0 Å². The van der Waals surface area contributed by atoms with Gasteiger partial charge in [0.25, 0.3) is 5.91 Å². The molecule has 0 bridgehead atoms. The molecular formula is C17H19ClN2O. The van der Waals surface area contributed by atoms with Crippen LogP contribution in [0, 0.1) is 0 Å². The van der Waals surface area contributed by atoms with Crippen LogP contribution in [0.5, 0.6) is 0 Å². The van der Waals surface area contributed by atoms with Gasteiger partial charge in [-0.1, -0.05) is 23.7 Å². The highest BCUT2D eigenvalue weighted by Crippen LogP contribution is 2.16. The largest absolute Gasteiger partial charge is 0.378 e. The van der Waals surface area contributed by atoms with Crippen LogP contribution in [0.3, 0.4) is 0 Å². The zero-order valence-corrected chi connectivity index (χ0v) is 13.3. The fourth-order valence-corrected chi connectivity index (χ4v) is 2.32. The van der Waals surface area contributed by atoms with Gasteiger partial charge in [0.15, 0.2) is 0 Å². The predicted octanol–water partition coefficient (Wildman–Crippen LogP) is 3.68. The minimum absolute atomic E-state index is 0.000261. The molecule has 2 aromatic rings. The summed E-state index contributed by atoms with van der Waals surface area (Å²) < 4.78 is 0. The fraction of sp³-hybridized carbons (Fsp3) is 0.235. The number of benzene rings is 2. The molecule has 0 radical (unpaired) electrons. The maximum absolute atomic E-state index is 12.4. The Morgan fingerprint density at radius 2 is 1.71 bits per heavy atom. The minimum atomic E-state index is 0.000261. The number of nitrogens with zero attached hydrogens (tertiary/aromatic N) is 2. The van der Waals surface area contributed by atoms with E-state index in [1.807, 2.05) is 67.5 Å². The molecule has 0 aliphatic heterocycles. The zero-order chi connectivity index (χ0) is 15.4. The van der Waals surface area contributed by atoms with Gasteiger partial charge in [0.2, 0.25) is 0 Å². The van der Waals surface area contributed by atoms with Crippen molar-refractivity contribution < 1.29 is 4.79 Å². The van der Waals surface area contributed by atoms with Crippen LogP contribution in [0.25, 0.3) is 0 Å². The number of amides is 1. The van der Waals surface area contributed by atoms with Crippen molar-refractivity contribution in [2.45, 2.75) is 6.54 Å². The van der Waals surface area contributed by atoms with Crippen molar-refractivity contribution in [3.8, 4) is 0 Å². The Balaban J connectivity index is 2.08. The Bertz CT molecular complexity index is 623. The van der Waals surface area contributed by atoms with E-state index in [1.165, 1.54) is 0 Å². The number of hydrogen-bond acceptors (Lipinski definition) is 2. The quantitative estimate of drug-likeness (QED) is 0.860. The first-order valence-electron chi connectivity index (χ1n) is 6.74. The molecule has 2 aromatic carbocycles. The number of carbonyl (C=O) groups excluding carboxylic acids is 1. The molecule has 0 atom stereocenters. The number of hydrogen-bond donors (Lipinski definition) is 0. The first kappa shape index (κ1) is 15.4. The first-order valence-corrected chi connectivity index (χ1v) is 7.12. The van der Waals surface area contributed by atoms with E-state index >= 15 is 0 Å². The van der Waals surface area contributed by atoms with Gasteiger partial charge in [-0.05, 0) is 42.0 Å². The Morgan fingerprint density at radius 3 is 2.29 bits per heavy atom. The monoisotopic (exact) mass is 302 g/mol. The summed E-state index contributed by atoms with van der Waals surface area (Å²) in [6, 6.07) is 15.2. The molecule has 21 heavy (non-hydrogen) atoms. The molecule has 0 spiro atoms. The highest BCUT2D eigenvalue weighted by atomic mass is 35.5. The topological polar surface area (TPSA) is 23.6 Å². The molecule has 110 valence electrons. The summed E-state index contributed by atoms with van der Waals surface area (Å²) in [5.74, 6) is 0.000261. The number of anilines is 1. The zero-order valence-electron chi connectivity index (χ0n) is 12.5. The summed E-state index contributed by atoms with van der Waals surface area (Å²) in [6.45, 7) is 0.537. The third kappa shape index (κ3) is 3.99. The fourth-order valence-electron chi connectivity index (χ4n) is 2.10. The Morgan fingerprint density at radius 1 is 1.05 bits per heavy atom. The Kier molecular flexibility index (Phi) is 4.86. The van der Waals surface area contributed by atoms with Gasteiger partial charge in [0, 0.05) is 44.0 Å². The molecule has 0 aromatic heterocycles. The van der Waals surface area contributed by atoms with Gasteiger partial charge in [-0.2, -0.15) is 0 Å². The smallest absolute Gasteiger partial charge is 0.253 e. The molecule has 0 heterocycles. The summed E-state index contributed by atoms with van der Waals surface area (Å²) in [4.78, 5) is 16.1. The third-order valence-corrected chi connectivity index (χ3v) is 3.52. The van der Waals surface area contributed by atoms with Crippen LogP contribution < -0.4 is 4.90 Å². The van der Waals surface area contributed by atoms with Crippen LogP contribution in [0.4, 0.5) is 5.69 Å². The molecule has 0 aliphatic rings. The van der Waals surface area contributed by atoms with Crippen molar-refractivity contribution in [2.24, 2.45) is 0 Å². The van der Waals surface area contributed by atoms with Crippen LogP contribution in [0.1, 0.15) is 15.9 Å². The average Bonchev–Trinajstić information content (AvgIpc) is 2.46. The SMILES string of the molecule is CN(Cc1cccc(Cl)c1)C(=O)c1ccc(N(C)C)cc1. The summed E-state index contributed by atoms with van der Waals surface area (Å²) in [6.07, 6.45) is 0. The van der Waals surface area contributed by atoms with Gasteiger partial charge in [-0.3, -0.25) is 4.79 Å². The molecule has 0 N–H and O–H groups in total. The highest BCUT2D eigenvalue weighted by Gasteiger charge is 2.12. The van der Waals surface area contributed by atoms with Gasteiger partial charge in [0.05, 0.1) is 0 Å². The number of carbonyl (C=O) groups is 1. The van der Waals surface area contributed by atoms with Crippen molar-refractivity contribution in [2.75, 3.05) is 26.0 Å². The second-order valence-corrected chi connectivity index (χ2v) is 5.67. The minimum Gasteiger partial charge on any atom is -0.378 e. The van der Waals surface area contributed by atoms with E-state index in [2.05, 4.69) is 0 Å². The van der Waals surface area contributed by atoms with Crippen molar-refractivity contribution in [1.29, 1.82) is 0 Å². The lowest BCUT2D eigenvalue weighted by Crippen LogP contribution is -2.26. The van der Waals surface area contributed by atoms with Crippen molar-refractivity contribution in [1.82, 2.24) is 4.90 Å². The summed E-state index contributed by atoms with van der Waals surface area (Å²) >= 11 is 5.96. The summed E-state index contributed by atoms with van der Waals surface area (Å²) in [5.41, 5.74) is 2.78. The predicted molar refractivity (Wildman–Crippen MR) is 88.0 cm³/mol. The van der Waals surface area contributed by atoms with E-state index in [4.69, 9.17) is 11.6 Å². The van der Waals surface area contributed by atoms with E-state index in [9.17, 15) is 4.79 Å². The standard InChI is InChI=1S/C17H19ClN2O/c1-19(2)16-9-7-14(8-10-16)17(21)20(3)12-13-5-4-6-15(18)11-13/h4-11H,12H2,1-3H3. The average molecular weight is 303 g/mol. The molecule has 0 unspecified atom stereocenters. The number of halogens is 1. The molecule has 0 saturated heterocycles. The van der Waals surface area contributed by atoms with Crippen LogP contribution in [-0.4, -0.2) is 32.0 Å². The van der Waals surface area contributed by atoms with Crippen LogP contribution in [-0.2, 0) is 6.54 Å². The van der Waals surface area contributed by atoms with Gasteiger partial charge < -0.3 is 9.80 Å². The molecule has 2 rings (SSSR count). The Hall–Kier alpha value is -2.00. The van der Waals surface area contributed by atoms with E-state index in [0.717, 1.165) is 11.3 Å². The van der Waals surface area contributed by atoms with E-state index < -0.39 is 0 Å². The lowest BCUT2D eigenvalue weighted by atomic mass is 10.1. The maximum atomic E-state index is 12.4. The molecule has 1 amide bonds.